The molecule has 0 saturated heterocycles. The van der Waals surface area contributed by atoms with Crippen LogP contribution < -0.4 is 20.3 Å². The Balaban J connectivity index is 1.41. The molecule has 7 nitrogen and oxygen atoms in total. The SMILES string of the molecule is O=C(NNC(=O)c1ccc(-c2ccccc2F)o1)c1ccc2c(c1)OCCO2. The minimum absolute atomic E-state index is 0.0688. The van der Waals surface area contributed by atoms with E-state index in [1.165, 1.54) is 24.3 Å². The molecule has 1 aliphatic rings. The molecule has 0 unspecified atom stereocenters. The van der Waals surface area contributed by atoms with Crippen molar-refractivity contribution in [3.05, 3.63) is 71.7 Å². The first-order chi connectivity index (χ1) is 13.6. The highest BCUT2D eigenvalue weighted by Gasteiger charge is 2.17. The largest absolute Gasteiger partial charge is 0.486 e. The predicted octanol–water partition coefficient (Wildman–Crippen LogP) is 2.93. The Morgan fingerprint density at radius 2 is 1.61 bits per heavy atom. The number of hydrogen-bond acceptors (Lipinski definition) is 5. The number of ether oxygens (including phenoxy) is 2. The molecule has 0 atom stereocenters. The maximum atomic E-state index is 13.8. The fourth-order valence-electron chi connectivity index (χ4n) is 2.70. The maximum absolute atomic E-state index is 13.8. The molecule has 0 saturated carbocycles. The van der Waals surface area contributed by atoms with Crippen LogP contribution >= 0.6 is 0 Å². The summed E-state index contributed by atoms with van der Waals surface area (Å²) in [5, 5.41) is 0. The van der Waals surface area contributed by atoms with Crippen molar-refractivity contribution < 1.29 is 27.9 Å². The lowest BCUT2D eigenvalue weighted by Crippen LogP contribution is -2.41. The zero-order valence-corrected chi connectivity index (χ0v) is 14.5. The molecular formula is C20H15FN2O5. The quantitative estimate of drug-likeness (QED) is 0.680. The van der Waals surface area contributed by atoms with E-state index in [4.69, 9.17) is 13.9 Å². The molecule has 2 heterocycles. The van der Waals surface area contributed by atoms with Crippen LogP contribution in [-0.4, -0.2) is 25.0 Å². The molecule has 8 heteroatoms. The van der Waals surface area contributed by atoms with Gasteiger partial charge in [0, 0.05) is 5.56 Å². The van der Waals surface area contributed by atoms with Crippen LogP contribution in [0.2, 0.25) is 0 Å². The molecule has 1 aromatic heterocycles. The second kappa shape index (κ2) is 7.43. The van der Waals surface area contributed by atoms with Crippen molar-refractivity contribution in [2.24, 2.45) is 0 Å². The third-order valence-electron chi connectivity index (χ3n) is 4.06. The number of halogens is 1. The van der Waals surface area contributed by atoms with Crippen molar-refractivity contribution in [3.63, 3.8) is 0 Å². The summed E-state index contributed by atoms with van der Waals surface area (Å²) >= 11 is 0. The Kier molecular flexibility index (Phi) is 4.67. The van der Waals surface area contributed by atoms with Gasteiger partial charge in [-0.05, 0) is 42.5 Å². The smallest absolute Gasteiger partial charge is 0.305 e. The first-order valence-corrected chi connectivity index (χ1v) is 8.47. The molecule has 0 bridgehead atoms. The standard InChI is InChI=1S/C20H15FN2O5/c21-14-4-2-1-3-13(14)15-7-8-17(28-15)20(25)23-22-19(24)12-5-6-16-18(11-12)27-10-9-26-16/h1-8,11H,9-10H2,(H,22,24)(H,23,25). The van der Waals surface area contributed by atoms with Crippen LogP contribution in [0.4, 0.5) is 4.39 Å². The van der Waals surface area contributed by atoms with Gasteiger partial charge >= 0.3 is 5.91 Å². The van der Waals surface area contributed by atoms with E-state index in [9.17, 15) is 14.0 Å². The fourth-order valence-corrected chi connectivity index (χ4v) is 2.70. The van der Waals surface area contributed by atoms with Gasteiger partial charge in [-0.3, -0.25) is 20.4 Å². The summed E-state index contributed by atoms with van der Waals surface area (Å²) in [7, 11) is 0. The second-order valence-corrected chi connectivity index (χ2v) is 5.91. The first kappa shape index (κ1) is 17.6. The van der Waals surface area contributed by atoms with Crippen LogP contribution in [0.5, 0.6) is 11.5 Å². The number of fused-ring (bicyclic) bond motifs is 1. The summed E-state index contributed by atoms with van der Waals surface area (Å²) < 4.78 is 30.0. The van der Waals surface area contributed by atoms with E-state index < -0.39 is 17.6 Å². The van der Waals surface area contributed by atoms with Crippen LogP contribution in [-0.2, 0) is 0 Å². The van der Waals surface area contributed by atoms with Gasteiger partial charge in [0.2, 0.25) is 0 Å². The van der Waals surface area contributed by atoms with Gasteiger partial charge in [0.25, 0.3) is 5.91 Å². The van der Waals surface area contributed by atoms with E-state index >= 15 is 0 Å². The van der Waals surface area contributed by atoms with Gasteiger partial charge in [0.1, 0.15) is 24.8 Å². The number of furan rings is 1. The first-order valence-electron chi connectivity index (χ1n) is 8.47. The molecule has 0 fully saturated rings. The highest BCUT2D eigenvalue weighted by molar-refractivity contribution is 5.98. The predicted molar refractivity (Wildman–Crippen MR) is 96.5 cm³/mol. The Morgan fingerprint density at radius 3 is 2.43 bits per heavy atom. The van der Waals surface area contributed by atoms with E-state index in [2.05, 4.69) is 10.9 Å². The van der Waals surface area contributed by atoms with Gasteiger partial charge in [-0.2, -0.15) is 0 Å². The summed E-state index contributed by atoms with van der Waals surface area (Å²) in [5.74, 6) is -0.508. The molecule has 0 aliphatic carbocycles. The molecule has 1 aliphatic heterocycles. The number of carbonyl (C=O) groups excluding carboxylic acids is 2. The molecule has 3 aromatic rings. The number of carbonyl (C=O) groups is 2. The van der Waals surface area contributed by atoms with E-state index in [1.54, 1.807) is 30.3 Å². The van der Waals surface area contributed by atoms with Gasteiger partial charge < -0.3 is 13.9 Å². The minimum Gasteiger partial charge on any atom is -0.486 e. The summed E-state index contributed by atoms with van der Waals surface area (Å²) in [4.78, 5) is 24.4. The van der Waals surface area contributed by atoms with Crippen molar-refractivity contribution in [2.45, 2.75) is 0 Å². The lowest BCUT2D eigenvalue weighted by atomic mass is 10.1. The van der Waals surface area contributed by atoms with Crippen molar-refractivity contribution in [3.8, 4) is 22.8 Å². The Morgan fingerprint density at radius 1 is 0.857 bits per heavy atom. The Labute approximate surface area is 159 Å². The second-order valence-electron chi connectivity index (χ2n) is 5.91. The topological polar surface area (TPSA) is 89.8 Å². The molecule has 4 rings (SSSR count). The van der Waals surface area contributed by atoms with Gasteiger partial charge in [-0.1, -0.05) is 12.1 Å². The number of amides is 2. The molecule has 2 amide bonds. The summed E-state index contributed by atoms with van der Waals surface area (Å²) in [6.45, 7) is 0.851. The van der Waals surface area contributed by atoms with E-state index in [-0.39, 0.29) is 22.6 Å². The Hall–Kier alpha value is -3.81. The summed E-state index contributed by atoms with van der Waals surface area (Å²) in [6, 6.07) is 13.6. The molecule has 2 N–H and O–H groups in total. The van der Waals surface area contributed by atoms with E-state index in [1.807, 2.05) is 0 Å². The van der Waals surface area contributed by atoms with Gasteiger partial charge in [0.15, 0.2) is 17.3 Å². The van der Waals surface area contributed by atoms with Gasteiger partial charge in [-0.25, -0.2) is 4.39 Å². The molecule has 28 heavy (non-hydrogen) atoms. The number of nitrogens with one attached hydrogen (secondary N) is 2. The monoisotopic (exact) mass is 382 g/mol. The summed E-state index contributed by atoms with van der Waals surface area (Å²) in [5.41, 5.74) is 5.08. The zero-order valence-electron chi connectivity index (χ0n) is 14.5. The van der Waals surface area contributed by atoms with Crippen molar-refractivity contribution in [2.75, 3.05) is 13.2 Å². The number of rotatable bonds is 3. The van der Waals surface area contributed by atoms with Crippen molar-refractivity contribution in [1.29, 1.82) is 0 Å². The average molecular weight is 382 g/mol. The van der Waals surface area contributed by atoms with Crippen LogP contribution in [0.3, 0.4) is 0 Å². The number of benzene rings is 2. The molecule has 142 valence electrons. The minimum atomic E-state index is -0.673. The van der Waals surface area contributed by atoms with Gasteiger partial charge in [0.05, 0.1) is 5.56 Å². The maximum Gasteiger partial charge on any atom is 0.305 e. The van der Waals surface area contributed by atoms with Crippen LogP contribution in [0.15, 0.2) is 59.0 Å². The highest BCUT2D eigenvalue weighted by atomic mass is 19.1. The lowest BCUT2D eigenvalue weighted by Gasteiger charge is -2.18. The number of hydrogen-bond donors (Lipinski definition) is 2. The van der Waals surface area contributed by atoms with Crippen LogP contribution in [0.1, 0.15) is 20.9 Å². The Bertz CT molecular complexity index is 1050. The summed E-state index contributed by atoms with van der Waals surface area (Å²) in [6.07, 6.45) is 0. The van der Waals surface area contributed by atoms with Crippen molar-refractivity contribution >= 4 is 11.8 Å². The molecule has 0 radical (unpaired) electrons. The van der Waals surface area contributed by atoms with Crippen molar-refractivity contribution in [1.82, 2.24) is 10.9 Å². The third-order valence-corrected chi connectivity index (χ3v) is 4.06. The molecule has 2 aromatic carbocycles. The van der Waals surface area contributed by atoms with Crippen LogP contribution in [0, 0.1) is 5.82 Å². The average Bonchev–Trinajstić information content (AvgIpc) is 3.22. The fraction of sp³-hybridized carbons (Fsp3) is 0.100. The zero-order chi connectivity index (χ0) is 19.5. The van der Waals surface area contributed by atoms with Crippen LogP contribution in [0.25, 0.3) is 11.3 Å². The number of hydrazine groups is 1. The normalized spacial score (nSPS) is 12.3. The highest BCUT2D eigenvalue weighted by Crippen LogP contribution is 2.30. The van der Waals surface area contributed by atoms with Gasteiger partial charge in [-0.15, -0.1) is 0 Å². The molecule has 0 spiro atoms. The third kappa shape index (κ3) is 3.52. The van der Waals surface area contributed by atoms with E-state index in [0.29, 0.717) is 24.7 Å². The molecular weight excluding hydrogens is 367 g/mol. The lowest BCUT2D eigenvalue weighted by molar-refractivity contribution is 0.0831. The van der Waals surface area contributed by atoms with E-state index in [0.717, 1.165) is 0 Å².